The van der Waals surface area contributed by atoms with E-state index < -0.39 is 0 Å². The molecule has 2 heteroatoms. The molecule has 0 heterocycles. The first-order valence-electron chi connectivity index (χ1n) is 10.6. The number of hydrogen-bond donors (Lipinski definition) is 0. The lowest BCUT2D eigenvalue weighted by Gasteiger charge is -2.22. The average molecular weight is 325 g/mol. The van der Waals surface area contributed by atoms with Crippen LogP contribution in [0.4, 0.5) is 0 Å². The molecule has 0 aromatic carbocycles. The van der Waals surface area contributed by atoms with Crippen molar-refractivity contribution in [3.8, 4) is 0 Å². The smallest absolute Gasteiger partial charge is 0.0985 e. The predicted octanol–water partition coefficient (Wildman–Crippen LogP) is 6.84. The standard InChI is InChI=1S/C21H44N2/c1-5-9-10-11-12-13-14-15-16-17-18-19-20-22-21(6-2)23(7-3)8-4/h5-20H2,1-4H3. The SMILES string of the molecule is CCCCCCCCCCCCCCN=C(CC)N(CC)CC. The molecule has 0 aromatic rings. The van der Waals surface area contributed by atoms with Gasteiger partial charge in [0.05, 0.1) is 5.84 Å². The molecule has 0 aliphatic heterocycles. The van der Waals surface area contributed by atoms with Crippen molar-refractivity contribution >= 4 is 5.84 Å². The summed E-state index contributed by atoms with van der Waals surface area (Å²) in [4.78, 5) is 7.20. The minimum Gasteiger partial charge on any atom is -0.361 e. The van der Waals surface area contributed by atoms with Crippen LogP contribution in [0.1, 0.15) is 111 Å². The maximum atomic E-state index is 4.81. The van der Waals surface area contributed by atoms with Gasteiger partial charge in [0.1, 0.15) is 0 Å². The molecule has 138 valence electrons. The van der Waals surface area contributed by atoms with Gasteiger partial charge in [0.2, 0.25) is 0 Å². The number of aliphatic imine (C=N–C) groups is 1. The maximum Gasteiger partial charge on any atom is 0.0985 e. The number of hydrogen-bond acceptors (Lipinski definition) is 1. The molecule has 0 unspecified atom stereocenters. The zero-order valence-electron chi connectivity index (χ0n) is 16.7. The van der Waals surface area contributed by atoms with Gasteiger partial charge in [0, 0.05) is 26.1 Å². The van der Waals surface area contributed by atoms with E-state index in [1.54, 1.807) is 0 Å². The molecular formula is C21H44N2. The Morgan fingerprint density at radius 1 is 0.609 bits per heavy atom. The van der Waals surface area contributed by atoms with Crippen LogP contribution in [-0.2, 0) is 0 Å². The Morgan fingerprint density at radius 3 is 1.43 bits per heavy atom. The van der Waals surface area contributed by atoms with Crippen LogP contribution in [0.25, 0.3) is 0 Å². The Balaban J connectivity index is 3.41. The fourth-order valence-electron chi connectivity index (χ4n) is 3.18. The van der Waals surface area contributed by atoms with E-state index in [9.17, 15) is 0 Å². The van der Waals surface area contributed by atoms with Gasteiger partial charge in [0.15, 0.2) is 0 Å². The molecule has 0 saturated carbocycles. The predicted molar refractivity (Wildman–Crippen MR) is 107 cm³/mol. The van der Waals surface area contributed by atoms with Crippen LogP contribution in [0.15, 0.2) is 4.99 Å². The molecule has 0 aromatic heterocycles. The van der Waals surface area contributed by atoms with E-state index in [1.807, 2.05) is 0 Å². The first-order valence-corrected chi connectivity index (χ1v) is 10.6. The monoisotopic (exact) mass is 324 g/mol. The topological polar surface area (TPSA) is 15.6 Å². The van der Waals surface area contributed by atoms with Crippen LogP contribution in [0, 0.1) is 0 Å². The summed E-state index contributed by atoms with van der Waals surface area (Å²) in [5, 5.41) is 0. The Labute approximate surface area is 147 Å². The molecular weight excluding hydrogens is 280 g/mol. The molecule has 0 N–H and O–H groups in total. The van der Waals surface area contributed by atoms with Gasteiger partial charge in [-0.2, -0.15) is 0 Å². The van der Waals surface area contributed by atoms with Gasteiger partial charge in [-0.3, -0.25) is 4.99 Å². The molecule has 0 aliphatic carbocycles. The van der Waals surface area contributed by atoms with Crippen LogP contribution in [0.2, 0.25) is 0 Å². The third-order valence-electron chi connectivity index (χ3n) is 4.75. The second-order valence-corrected chi connectivity index (χ2v) is 6.71. The van der Waals surface area contributed by atoms with Gasteiger partial charge in [-0.05, 0) is 20.3 Å². The van der Waals surface area contributed by atoms with Gasteiger partial charge in [-0.15, -0.1) is 0 Å². The normalized spacial score (nSPS) is 11.9. The lowest BCUT2D eigenvalue weighted by Crippen LogP contribution is -2.30. The van der Waals surface area contributed by atoms with Crippen molar-refractivity contribution in [2.75, 3.05) is 19.6 Å². The molecule has 0 bridgehead atoms. The van der Waals surface area contributed by atoms with Gasteiger partial charge >= 0.3 is 0 Å². The van der Waals surface area contributed by atoms with Crippen molar-refractivity contribution < 1.29 is 0 Å². The van der Waals surface area contributed by atoms with Crippen LogP contribution < -0.4 is 0 Å². The second kappa shape index (κ2) is 17.8. The van der Waals surface area contributed by atoms with Crippen molar-refractivity contribution in [1.82, 2.24) is 4.90 Å². The lowest BCUT2D eigenvalue weighted by atomic mass is 10.1. The molecule has 0 amide bonds. The summed E-state index contributed by atoms with van der Waals surface area (Å²) in [5.41, 5.74) is 0. The number of nitrogens with zero attached hydrogens (tertiary/aromatic N) is 2. The summed E-state index contributed by atoms with van der Waals surface area (Å²) < 4.78 is 0. The molecule has 0 fully saturated rings. The van der Waals surface area contributed by atoms with E-state index >= 15 is 0 Å². The summed E-state index contributed by atoms with van der Waals surface area (Å²) in [7, 11) is 0. The quantitative estimate of drug-likeness (QED) is 0.172. The largest absolute Gasteiger partial charge is 0.361 e. The average Bonchev–Trinajstić information content (AvgIpc) is 2.58. The van der Waals surface area contributed by atoms with Gasteiger partial charge in [0.25, 0.3) is 0 Å². The summed E-state index contributed by atoms with van der Waals surface area (Å²) in [6.45, 7) is 12.1. The molecule has 0 aliphatic rings. The first-order chi connectivity index (χ1) is 11.3. The molecule has 0 radical (unpaired) electrons. The molecule has 0 rings (SSSR count). The molecule has 0 saturated heterocycles. The fraction of sp³-hybridized carbons (Fsp3) is 0.952. The Hall–Kier alpha value is -0.530. The number of unbranched alkanes of at least 4 members (excludes halogenated alkanes) is 11. The van der Waals surface area contributed by atoms with E-state index in [1.165, 1.54) is 82.9 Å². The molecule has 0 atom stereocenters. The van der Waals surface area contributed by atoms with Gasteiger partial charge < -0.3 is 4.90 Å². The maximum absolute atomic E-state index is 4.81. The Morgan fingerprint density at radius 2 is 1.04 bits per heavy atom. The van der Waals surface area contributed by atoms with E-state index in [4.69, 9.17) is 4.99 Å². The highest BCUT2D eigenvalue weighted by molar-refractivity contribution is 5.81. The van der Waals surface area contributed by atoms with E-state index in [0.29, 0.717) is 0 Å². The lowest BCUT2D eigenvalue weighted by molar-refractivity contribution is 0.454. The van der Waals surface area contributed by atoms with Crippen molar-refractivity contribution in [2.24, 2.45) is 4.99 Å². The van der Waals surface area contributed by atoms with Crippen LogP contribution in [0.3, 0.4) is 0 Å². The van der Waals surface area contributed by atoms with Crippen LogP contribution in [0.5, 0.6) is 0 Å². The summed E-state index contributed by atoms with van der Waals surface area (Å²) in [6.07, 6.45) is 18.0. The highest BCUT2D eigenvalue weighted by Gasteiger charge is 2.03. The van der Waals surface area contributed by atoms with Crippen LogP contribution >= 0.6 is 0 Å². The van der Waals surface area contributed by atoms with E-state index in [0.717, 1.165) is 26.1 Å². The van der Waals surface area contributed by atoms with E-state index in [2.05, 4.69) is 32.6 Å². The van der Waals surface area contributed by atoms with Crippen molar-refractivity contribution in [1.29, 1.82) is 0 Å². The minimum atomic E-state index is 1.02. The van der Waals surface area contributed by atoms with Crippen molar-refractivity contribution in [2.45, 2.75) is 111 Å². The highest BCUT2D eigenvalue weighted by atomic mass is 15.2. The van der Waals surface area contributed by atoms with Crippen LogP contribution in [-0.4, -0.2) is 30.4 Å². The van der Waals surface area contributed by atoms with Crippen molar-refractivity contribution in [3.63, 3.8) is 0 Å². The zero-order valence-corrected chi connectivity index (χ0v) is 16.7. The molecule has 2 nitrogen and oxygen atoms in total. The summed E-state index contributed by atoms with van der Waals surface area (Å²) >= 11 is 0. The third kappa shape index (κ3) is 13.6. The third-order valence-corrected chi connectivity index (χ3v) is 4.75. The molecule has 23 heavy (non-hydrogen) atoms. The highest BCUT2D eigenvalue weighted by Crippen LogP contribution is 2.12. The number of rotatable bonds is 16. The van der Waals surface area contributed by atoms with Gasteiger partial charge in [-0.1, -0.05) is 84.5 Å². The van der Waals surface area contributed by atoms with Gasteiger partial charge in [-0.25, -0.2) is 0 Å². The minimum absolute atomic E-state index is 1.02. The Kier molecular flexibility index (Phi) is 17.4. The summed E-state index contributed by atoms with van der Waals surface area (Å²) in [6, 6.07) is 0. The van der Waals surface area contributed by atoms with Crippen molar-refractivity contribution in [3.05, 3.63) is 0 Å². The summed E-state index contributed by atoms with van der Waals surface area (Å²) in [5.74, 6) is 1.30. The fourth-order valence-corrected chi connectivity index (χ4v) is 3.18. The van der Waals surface area contributed by atoms with E-state index in [-0.39, 0.29) is 0 Å². The first kappa shape index (κ1) is 22.5. The Bertz CT molecular complexity index is 257. The molecule has 0 spiro atoms. The number of amidine groups is 1. The zero-order chi connectivity index (χ0) is 17.2. The second-order valence-electron chi connectivity index (χ2n) is 6.71.